The smallest absolute Gasteiger partial charge is 0.239 e. The Morgan fingerprint density at radius 1 is 1.28 bits per heavy atom. The van der Waals surface area contributed by atoms with Crippen LogP contribution in [0.25, 0.3) is 0 Å². The monoisotopic (exact) mass is 460 g/mol. The van der Waals surface area contributed by atoms with Gasteiger partial charge in [0.15, 0.2) is 5.96 Å². The molecule has 1 aromatic rings. The molecule has 0 atom stereocenters. The van der Waals surface area contributed by atoms with Crippen LogP contribution < -0.4 is 20.7 Å². The Balaban J connectivity index is 0.00000576. The molecule has 25 heavy (non-hydrogen) atoms. The summed E-state index contributed by atoms with van der Waals surface area (Å²) in [4.78, 5) is 16.0. The summed E-state index contributed by atoms with van der Waals surface area (Å²) in [6.45, 7) is 10.6. The van der Waals surface area contributed by atoms with E-state index in [1.807, 2.05) is 45.0 Å². The zero-order chi connectivity index (χ0) is 18.0. The van der Waals surface area contributed by atoms with Gasteiger partial charge in [0.05, 0.1) is 6.54 Å². The Morgan fingerprint density at radius 3 is 2.56 bits per heavy atom. The highest BCUT2D eigenvalue weighted by atomic mass is 127. The molecule has 0 saturated carbocycles. The topological polar surface area (TPSA) is 74.8 Å². The molecule has 1 amide bonds. The van der Waals surface area contributed by atoms with Gasteiger partial charge in [-0.2, -0.15) is 0 Å². The van der Waals surface area contributed by atoms with E-state index in [2.05, 4.69) is 27.5 Å². The van der Waals surface area contributed by atoms with Crippen LogP contribution in [0.1, 0.15) is 26.3 Å². The second-order valence-electron chi connectivity index (χ2n) is 6.28. The number of ether oxygens (including phenoxy) is 1. The van der Waals surface area contributed by atoms with Gasteiger partial charge in [-0.15, -0.1) is 24.0 Å². The zero-order valence-corrected chi connectivity index (χ0v) is 17.7. The van der Waals surface area contributed by atoms with Gasteiger partial charge in [0.1, 0.15) is 12.4 Å². The number of para-hydroxylation sites is 1. The first-order valence-electron chi connectivity index (χ1n) is 7.93. The summed E-state index contributed by atoms with van der Waals surface area (Å²) in [6.07, 6.45) is 1.71. The van der Waals surface area contributed by atoms with Crippen LogP contribution in [0.4, 0.5) is 0 Å². The molecule has 1 rings (SSSR count). The van der Waals surface area contributed by atoms with E-state index >= 15 is 0 Å². The van der Waals surface area contributed by atoms with Gasteiger partial charge >= 0.3 is 0 Å². The van der Waals surface area contributed by atoms with Crippen LogP contribution in [-0.4, -0.2) is 37.6 Å². The van der Waals surface area contributed by atoms with E-state index < -0.39 is 0 Å². The second-order valence-corrected chi connectivity index (χ2v) is 6.28. The average molecular weight is 460 g/mol. The summed E-state index contributed by atoms with van der Waals surface area (Å²) >= 11 is 0. The molecule has 0 unspecified atom stereocenters. The van der Waals surface area contributed by atoms with E-state index in [1.165, 1.54) is 0 Å². The average Bonchev–Trinajstić information content (AvgIpc) is 2.52. The number of hydrogen-bond acceptors (Lipinski definition) is 3. The fraction of sp³-hybridized carbons (Fsp3) is 0.444. The fourth-order valence-electron chi connectivity index (χ4n) is 1.97. The van der Waals surface area contributed by atoms with Crippen LogP contribution in [0.15, 0.2) is 41.9 Å². The lowest BCUT2D eigenvalue weighted by Crippen LogP contribution is -2.48. The third-order valence-electron chi connectivity index (χ3n) is 2.93. The molecule has 0 heterocycles. The Bertz CT molecular complexity index is 583. The maximum absolute atomic E-state index is 11.8. The number of nitrogens with one attached hydrogen (secondary N) is 3. The van der Waals surface area contributed by atoms with Gasteiger partial charge in [-0.05, 0) is 26.8 Å². The zero-order valence-electron chi connectivity index (χ0n) is 15.4. The Morgan fingerprint density at radius 2 is 1.96 bits per heavy atom. The Hall–Kier alpha value is -1.77. The maximum Gasteiger partial charge on any atom is 0.239 e. The number of halogens is 1. The number of carbonyl (C=O) groups excluding carboxylic acids is 1. The van der Waals surface area contributed by atoms with Gasteiger partial charge in [-0.3, -0.25) is 9.79 Å². The number of guanidine groups is 1. The fourth-order valence-corrected chi connectivity index (χ4v) is 1.97. The lowest BCUT2D eigenvalue weighted by Gasteiger charge is -2.21. The van der Waals surface area contributed by atoms with E-state index in [4.69, 9.17) is 4.74 Å². The molecule has 0 aliphatic heterocycles. The van der Waals surface area contributed by atoms with Crippen LogP contribution in [-0.2, 0) is 11.3 Å². The predicted molar refractivity (Wildman–Crippen MR) is 114 cm³/mol. The molecule has 0 bridgehead atoms. The summed E-state index contributed by atoms with van der Waals surface area (Å²) in [6, 6.07) is 7.76. The Labute approximate surface area is 167 Å². The summed E-state index contributed by atoms with van der Waals surface area (Å²) in [5.74, 6) is 1.27. The van der Waals surface area contributed by atoms with Crippen LogP contribution in [0.5, 0.6) is 5.75 Å². The van der Waals surface area contributed by atoms with Crippen LogP contribution in [0.3, 0.4) is 0 Å². The molecule has 7 heteroatoms. The number of nitrogens with zero attached hydrogens (tertiary/aromatic N) is 1. The van der Waals surface area contributed by atoms with Crippen LogP contribution in [0.2, 0.25) is 0 Å². The first kappa shape index (κ1) is 23.2. The van der Waals surface area contributed by atoms with Crippen molar-refractivity contribution in [2.75, 3.05) is 20.2 Å². The number of amides is 1. The van der Waals surface area contributed by atoms with Crippen molar-refractivity contribution in [1.82, 2.24) is 16.0 Å². The molecule has 140 valence electrons. The molecular formula is C18H29IN4O2. The molecule has 0 aliphatic rings. The Kier molecular flexibility index (Phi) is 10.9. The molecule has 6 nitrogen and oxygen atoms in total. The van der Waals surface area contributed by atoms with Gasteiger partial charge in [0.2, 0.25) is 5.91 Å². The molecule has 3 N–H and O–H groups in total. The SMILES string of the molecule is C=CCOc1ccccc1CNC(=NC)NCC(=O)NC(C)(C)C.I. The molecule has 0 fully saturated rings. The summed E-state index contributed by atoms with van der Waals surface area (Å²) < 4.78 is 5.62. The van der Waals surface area contributed by atoms with Crippen molar-refractivity contribution in [1.29, 1.82) is 0 Å². The lowest BCUT2D eigenvalue weighted by molar-refractivity contribution is -0.121. The highest BCUT2D eigenvalue weighted by Crippen LogP contribution is 2.17. The minimum absolute atomic E-state index is 0. The molecule has 0 radical (unpaired) electrons. The molecule has 0 saturated heterocycles. The van der Waals surface area contributed by atoms with Gasteiger partial charge < -0.3 is 20.7 Å². The molecular weight excluding hydrogens is 431 g/mol. The lowest BCUT2D eigenvalue weighted by atomic mass is 10.1. The van der Waals surface area contributed by atoms with Gasteiger partial charge in [0, 0.05) is 24.7 Å². The van der Waals surface area contributed by atoms with Crippen molar-refractivity contribution < 1.29 is 9.53 Å². The number of rotatable bonds is 7. The molecule has 0 aromatic heterocycles. The normalized spacial score (nSPS) is 11.1. The highest BCUT2D eigenvalue weighted by Gasteiger charge is 2.13. The highest BCUT2D eigenvalue weighted by molar-refractivity contribution is 14.0. The van der Waals surface area contributed by atoms with Gasteiger partial charge in [0.25, 0.3) is 0 Å². The van der Waals surface area contributed by atoms with Gasteiger partial charge in [-0.1, -0.05) is 30.9 Å². The maximum atomic E-state index is 11.8. The summed E-state index contributed by atoms with van der Waals surface area (Å²) in [5.41, 5.74) is 0.749. The van der Waals surface area contributed by atoms with Crippen molar-refractivity contribution in [3.05, 3.63) is 42.5 Å². The third kappa shape index (κ3) is 9.96. The van der Waals surface area contributed by atoms with Gasteiger partial charge in [-0.25, -0.2) is 0 Å². The first-order chi connectivity index (χ1) is 11.4. The second kappa shape index (κ2) is 11.7. The van der Waals surface area contributed by atoms with E-state index in [0.717, 1.165) is 11.3 Å². The third-order valence-corrected chi connectivity index (χ3v) is 2.93. The van der Waals surface area contributed by atoms with E-state index in [0.29, 0.717) is 19.1 Å². The number of hydrogen-bond donors (Lipinski definition) is 3. The van der Waals surface area contributed by atoms with E-state index in [1.54, 1.807) is 13.1 Å². The predicted octanol–water partition coefficient (Wildman–Crippen LogP) is 2.45. The summed E-state index contributed by atoms with van der Waals surface area (Å²) in [7, 11) is 1.66. The van der Waals surface area contributed by atoms with E-state index in [9.17, 15) is 4.79 Å². The standard InChI is InChI=1S/C18H28N4O2.HI/c1-6-11-24-15-10-8-7-9-14(15)12-20-17(19-5)21-13-16(23)22-18(2,3)4;/h6-10H,1,11-13H2,2-5H3,(H,22,23)(H2,19,20,21);1H. The molecule has 0 spiro atoms. The minimum Gasteiger partial charge on any atom is -0.489 e. The van der Waals surface area contributed by atoms with Crippen molar-refractivity contribution in [2.45, 2.75) is 32.9 Å². The molecule has 1 aromatic carbocycles. The first-order valence-corrected chi connectivity index (χ1v) is 7.93. The quantitative estimate of drug-likeness (QED) is 0.253. The van der Waals surface area contributed by atoms with Crippen LogP contribution >= 0.6 is 24.0 Å². The number of aliphatic imine (C=N–C) groups is 1. The van der Waals surface area contributed by atoms with Crippen LogP contribution in [0, 0.1) is 0 Å². The molecule has 0 aliphatic carbocycles. The number of carbonyl (C=O) groups is 1. The summed E-state index contributed by atoms with van der Waals surface area (Å²) in [5, 5.41) is 9.06. The van der Waals surface area contributed by atoms with Crippen molar-refractivity contribution in [3.63, 3.8) is 0 Å². The van der Waals surface area contributed by atoms with Crippen molar-refractivity contribution in [3.8, 4) is 5.75 Å². The van der Waals surface area contributed by atoms with E-state index in [-0.39, 0.29) is 42.0 Å². The largest absolute Gasteiger partial charge is 0.489 e. The number of benzene rings is 1. The van der Waals surface area contributed by atoms with Crippen molar-refractivity contribution in [2.24, 2.45) is 4.99 Å². The minimum atomic E-state index is -0.253. The van der Waals surface area contributed by atoms with Crippen molar-refractivity contribution >= 4 is 35.8 Å².